The molecule has 2 N–H and O–H groups in total. The first-order valence-corrected chi connectivity index (χ1v) is 8.98. The summed E-state index contributed by atoms with van der Waals surface area (Å²) in [6, 6.07) is 8.09. The van der Waals surface area contributed by atoms with E-state index >= 15 is 0 Å². The number of hydrogen-bond acceptors (Lipinski definition) is 7. The smallest absolute Gasteiger partial charge is 0.322 e. The third-order valence-electron chi connectivity index (χ3n) is 4.17. The maximum Gasteiger partial charge on any atom is 0.322 e. The highest BCUT2D eigenvalue weighted by Crippen LogP contribution is 2.25. The number of aromatic nitrogens is 4. The number of methoxy groups -OCH3 is 1. The van der Waals surface area contributed by atoms with E-state index < -0.39 is 6.29 Å². The molecule has 0 fully saturated rings. The molecule has 1 unspecified atom stereocenters. The summed E-state index contributed by atoms with van der Waals surface area (Å²) in [4.78, 5) is 13.3. The minimum absolute atomic E-state index is 0.122. The zero-order valence-corrected chi connectivity index (χ0v) is 16.0. The molecule has 0 aliphatic carbocycles. The van der Waals surface area contributed by atoms with E-state index in [1.165, 1.54) is 0 Å². The van der Waals surface area contributed by atoms with Crippen LogP contribution >= 0.6 is 0 Å². The Bertz CT molecular complexity index is 892. The van der Waals surface area contributed by atoms with Crippen LogP contribution in [0.25, 0.3) is 11.2 Å². The Morgan fingerprint density at radius 2 is 1.93 bits per heavy atom. The molecule has 1 aromatic carbocycles. The summed E-state index contributed by atoms with van der Waals surface area (Å²) in [6.45, 7) is 6.48. The SMILES string of the molecule is CCC(O)Oc1nc(NCc2ccc(OC)cc2)c2ncn(C(C)C)c2n1. The highest BCUT2D eigenvalue weighted by atomic mass is 16.6. The van der Waals surface area contributed by atoms with Crippen LogP contribution < -0.4 is 14.8 Å². The molecule has 2 aromatic heterocycles. The number of benzene rings is 1. The van der Waals surface area contributed by atoms with Crippen molar-refractivity contribution in [3.05, 3.63) is 36.2 Å². The molecule has 0 radical (unpaired) electrons. The number of hydrogen-bond donors (Lipinski definition) is 2. The summed E-state index contributed by atoms with van der Waals surface area (Å²) in [5, 5.41) is 13.1. The molecule has 0 saturated carbocycles. The van der Waals surface area contributed by atoms with Crippen molar-refractivity contribution in [1.82, 2.24) is 19.5 Å². The van der Waals surface area contributed by atoms with Crippen LogP contribution in [0.3, 0.4) is 0 Å². The van der Waals surface area contributed by atoms with E-state index in [2.05, 4.69) is 34.1 Å². The lowest BCUT2D eigenvalue weighted by atomic mass is 10.2. The Morgan fingerprint density at radius 3 is 2.56 bits per heavy atom. The molecule has 0 bridgehead atoms. The second kappa shape index (κ2) is 8.22. The number of imidazole rings is 1. The summed E-state index contributed by atoms with van der Waals surface area (Å²) < 4.78 is 12.6. The Kier molecular flexibility index (Phi) is 5.75. The van der Waals surface area contributed by atoms with Gasteiger partial charge in [0.1, 0.15) is 5.75 Å². The minimum atomic E-state index is -0.952. The number of ether oxygens (including phenoxy) is 2. The molecular weight excluding hydrogens is 346 g/mol. The Balaban J connectivity index is 1.91. The molecule has 0 aliphatic rings. The standard InChI is InChI=1S/C19H25N5O3/c1-5-15(25)27-19-22-17(16-18(23-19)24(11-21-16)12(2)3)20-10-13-6-8-14(26-4)9-7-13/h6-9,11-12,15,25H,5,10H2,1-4H3,(H,20,22,23). The van der Waals surface area contributed by atoms with E-state index in [1.54, 1.807) is 13.4 Å². The predicted octanol–water partition coefficient (Wildman–Crippen LogP) is 3.14. The quantitative estimate of drug-likeness (QED) is 0.587. The van der Waals surface area contributed by atoms with Crippen LogP contribution in [0.1, 0.15) is 38.8 Å². The van der Waals surface area contributed by atoms with Crippen LogP contribution in [0.4, 0.5) is 5.82 Å². The molecule has 0 amide bonds. The van der Waals surface area contributed by atoms with E-state index in [0.29, 0.717) is 29.9 Å². The number of aliphatic hydroxyl groups excluding tert-OH is 1. The zero-order valence-electron chi connectivity index (χ0n) is 16.0. The van der Waals surface area contributed by atoms with Crippen molar-refractivity contribution in [2.45, 2.75) is 46.1 Å². The molecule has 0 saturated heterocycles. The normalized spacial score (nSPS) is 12.4. The lowest BCUT2D eigenvalue weighted by Gasteiger charge is -2.13. The summed E-state index contributed by atoms with van der Waals surface area (Å²) >= 11 is 0. The van der Waals surface area contributed by atoms with E-state index in [9.17, 15) is 5.11 Å². The van der Waals surface area contributed by atoms with Gasteiger partial charge in [0.25, 0.3) is 0 Å². The van der Waals surface area contributed by atoms with Crippen LogP contribution in [0.2, 0.25) is 0 Å². The van der Waals surface area contributed by atoms with E-state index in [1.807, 2.05) is 35.8 Å². The van der Waals surface area contributed by atoms with Gasteiger partial charge in [-0.3, -0.25) is 0 Å². The van der Waals surface area contributed by atoms with Crippen molar-refractivity contribution >= 4 is 17.0 Å². The number of anilines is 1. The molecule has 8 nitrogen and oxygen atoms in total. The van der Waals surface area contributed by atoms with Crippen LogP contribution in [-0.4, -0.2) is 38.0 Å². The van der Waals surface area contributed by atoms with Crippen LogP contribution in [0.5, 0.6) is 11.8 Å². The Hall–Kier alpha value is -2.87. The minimum Gasteiger partial charge on any atom is -0.497 e. The summed E-state index contributed by atoms with van der Waals surface area (Å²) in [7, 11) is 1.64. The first-order valence-electron chi connectivity index (χ1n) is 8.98. The van der Waals surface area contributed by atoms with Gasteiger partial charge in [0.2, 0.25) is 6.29 Å². The van der Waals surface area contributed by atoms with Gasteiger partial charge in [-0.05, 0) is 31.5 Å². The predicted molar refractivity (Wildman–Crippen MR) is 103 cm³/mol. The van der Waals surface area contributed by atoms with Crippen molar-refractivity contribution in [2.24, 2.45) is 0 Å². The average Bonchev–Trinajstić information content (AvgIpc) is 3.10. The average molecular weight is 371 g/mol. The van der Waals surface area contributed by atoms with Gasteiger partial charge >= 0.3 is 6.01 Å². The molecule has 8 heteroatoms. The van der Waals surface area contributed by atoms with Gasteiger partial charge in [-0.2, -0.15) is 9.97 Å². The van der Waals surface area contributed by atoms with Crippen LogP contribution in [0, 0.1) is 0 Å². The van der Waals surface area contributed by atoms with Crippen molar-refractivity contribution in [3.63, 3.8) is 0 Å². The lowest BCUT2D eigenvalue weighted by Crippen LogP contribution is -2.16. The number of aliphatic hydroxyl groups is 1. The maximum atomic E-state index is 9.80. The molecule has 3 rings (SSSR count). The third-order valence-corrected chi connectivity index (χ3v) is 4.17. The largest absolute Gasteiger partial charge is 0.497 e. The number of fused-ring (bicyclic) bond motifs is 1. The van der Waals surface area contributed by atoms with Gasteiger partial charge in [0.15, 0.2) is 17.0 Å². The van der Waals surface area contributed by atoms with Gasteiger partial charge < -0.3 is 24.5 Å². The highest BCUT2D eigenvalue weighted by molar-refractivity contribution is 5.83. The number of nitrogens with zero attached hydrogens (tertiary/aromatic N) is 4. The van der Waals surface area contributed by atoms with Crippen molar-refractivity contribution in [3.8, 4) is 11.8 Å². The molecule has 0 aliphatic heterocycles. The van der Waals surface area contributed by atoms with E-state index in [4.69, 9.17) is 9.47 Å². The number of nitrogens with one attached hydrogen (secondary N) is 1. The summed E-state index contributed by atoms with van der Waals surface area (Å²) in [5.74, 6) is 1.37. The highest BCUT2D eigenvalue weighted by Gasteiger charge is 2.17. The van der Waals surface area contributed by atoms with Crippen molar-refractivity contribution < 1.29 is 14.6 Å². The van der Waals surface area contributed by atoms with E-state index in [0.717, 1.165) is 11.3 Å². The topological polar surface area (TPSA) is 94.3 Å². The first kappa shape index (κ1) is 18.9. The fraction of sp³-hybridized carbons (Fsp3) is 0.421. The Morgan fingerprint density at radius 1 is 1.19 bits per heavy atom. The van der Waals surface area contributed by atoms with Gasteiger partial charge in [0, 0.05) is 19.0 Å². The number of rotatable bonds is 8. The summed E-state index contributed by atoms with van der Waals surface area (Å²) in [6.07, 6.45) is 1.23. The molecule has 3 aromatic rings. The van der Waals surface area contributed by atoms with Crippen LogP contribution in [-0.2, 0) is 6.54 Å². The monoisotopic (exact) mass is 371 g/mol. The molecule has 0 spiro atoms. The molecule has 27 heavy (non-hydrogen) atoms. The molecule has 2 heterocycles. The molecule has 144 valence electrons. The zero-order chi connectivity index (χ0) is 19.4. The van der Waals surface area contributed by atoms with Crippen LogP contribution in [0.15, 0.2) is 30.6 Å². The molecular formula is C19H25N5O3. The van der Waals surface area contributed by atoms with Gasteiger partial charge in [0.05, 0.1) is 13.4 Å². The van der Waals surface area contributed by atoms with Gasteiger partial charge in [-0.25, -0.2) is 4.98 Å². The lowest BCUT2D eigenvalue weighted by molar-refractivity contribution is -0.0254. The third kappa shape index (κ3) is 4.28. The first-order chi connectivity index (χ1) is 13.0. The Labute approximate surface area is 158 Å². The van der Waals surface area contributed by atoms with Gasteiger partial charge in [-0.1, -0.05) is 19.1 Å². The summed E-state index contributed by atoms with van der Waals surface area (Å²) in [5.41, 5.74) is 2.40. The second-order valence-electron chi connectivity index (χ2n) is 6.45. The van der Waals surface area contributed by atoms with Crippen molar-refractivity contribution in [2.75, 3.05) is 12.4 Å². The van der Waals surface area contributed by atoms with Gasteiger partial charge in [-0.15, -0.1) is 0 Å². The van der Waals surface area contributed by atoms with Crippen molar-refractivity contribution in [1.29, 1.82) is 0 Å². The molecule has 1 atom stereocenters. The fourth-order valence-corrected chi connectivity index (χ4v) is 2.58. The van der Waals surface area contributed by atoms with E-state index in [-0.39, 0.29) is 12.1 Å². The fourth-order valence-electron chi connectivity index (χ4n) is 2.58. The maximum absolute atomic E-state index is 9.80. The second-order valence-corrected chi connectivity index (χ2v) is 6.45.